The highest BCUT2D eigenvalue weighted by Crippen LogP contribution is 2.37. The van der Waals surface area contributed by atoms with Gasteiger partial charge in [-0.15, -0.1) is 0 Å². The molecule has 5 heterocycles. The number of ether oxygens (including phenoxy) is 10. The third-order valence-corrected chi connectivity index (χ3v) is 12.6. The van der Waals surface area contributed by atoms with Crippen LogP contribution in [0.1, 0.15) is 6.42 Å². The minimum atomic E-state index is -2.33. The molecule has 0 radical (unpaired) electrons. The number of rotatable bonds is 22. The molecule has 5 fully saturated rings. The minimum Gasteiger partial charge on any atom is -0.394 e. The van der Waals surface area contributed by atoms with E-state index in [0.29, 0.717) is 0 Å². The smallest absolute Gasteiger partial charge is 0.187 e. The van der Waals surface area contributed by atoms with E-state index >= 15 is 0 Å². The average Bonchev–Trinajstić information content (AvgIpc) is 3.35. The van der Waals surface area contributed by atoms with Gasteiger partial charge in [0.15, 0.2) is 31.5 Å². The van der Waals surface area contributed by atoms with Crippen LogP contribution in [0.2, 0.25) is 0 Å². The van der Waals surface area contributed by atoms with Crippen LogP contribution in [0.4, 0.5) is 0 Å². The van der Waals surface area contributed by atoms with Crippen molar-refractivity contribution in [1.82, 2.24) is 0 Å². The highest BCUT2D eigenvalue weighted by atomic mass is 16.8. The first-order chi connectivity index (χ1) is 33.1. The molecule has 0 amide bonds. The van der Waals surface area contributed by atoms with Gasteiger partial charge in [0.1, 0.15) is 153 Å². The Bertz CT molecular complexity index is 1540. The molecular formula is C38H69NO31. The molecule has 0 bridgehead atoms. The lowest BCUT2D eigenvalue weighted by Crippen LogP contribution is -2.69. The van der Waals surface area contributed by atoms with Crippen molar-refractivity contribution in [1.29, 1.82) is 0 Å². The first kappa shape index (κ1) is 59.6. The third-order valence-electron chi connectivity index (χ3n) is 12.6. The summed E-state index contributed by atoms with van der Waals surface area (Å²) in [7, 11) is 0. The standard InChI is InChI=1S/C38H69NO31/c39-2-1-3-61-37-32(20(55)18(53)27(65-37)10(46)5-41)70-38-33(21(56)19(54)28(66-38)11(47)6-42)69-35-23(58)15(50)17(52)30(67-35)13(8-44)62-36-25(60)31(24(59)29(64-36)12(48)7-43)68-34-22(57)14(49)16(51)26(63-34)9(45)4-40/h9-38,40-60H,1-8,39H2/t9-,10-,11-,12-,13-,14?,15+,16+,17+,18+,19+,20+,21+,22?,23?,24-,25?,26?,27?,28?,29?,30?,31+,32?,33?,34-,35-,36+,37+,38-/m1/s1. The Balaban J connectivity index is 1.42. The van der Waals surface area contributed by atoms with Crippen molar-refractivity contribution >= 4 is 0 Å². The van der Waals surface area contributed by atoms with E-state index in [-0.39, 0.29) is 19.6 Å². The van der Waals surface area contributed by atoms with Crippen LogP contribution in [0.3, 0.4) is 0 Å². The Labute approximate surface area is 396 Å². The van der Waals surface area contributed by atoms with Gasteiger partial charge in [-0.25, -0.2) is 0 Å². The molecule has 0 aromatic rings. The summed E-state index contributed by atoms with van der Waals surface area (Å²) in [4.78, 5) is 0. The number of hydrogen-bond donors (Lipinski definition) is 22. The molecule has 0 aliphatic carbocycles. The average molecular weight is 1040 g/mol. The van der Waals surface area contributed by atoms with E-state index in [4.69, 9.17) is 53.1 Å². The molecule has 0 aromatic heterocycles. The molecule has 0 saturated carbocycles. The number of aliphatic hydroxyl groups is 21. The summed E-state index contributed by atoms with van der Waals surface area (Å²) in [5.74, 6) is 0. The molecule has 5 saturated heterocycles. The van der Waals surface area contributed by atoms with E-state index in [0.717, 1.165) is 0 Å². The summed E-state index contributed by atoms with van der Waals surface area (Å²) in [6.07, 6.45) is -62.1. The molecule has 5 rings (SSSR count). The molecule has 412 valence electrons. The van der Waals surface area contributed by atoms with Crippen LogP contribution in [0.15, 0.2) is 0 Å². The van der Waals surface area contributed by atoms with Crippen LogP contribution in [0, 0.1) is 0 Å². The van der Waals surface area contributed by atoms with Crippen molar-refractivity contribution in [2.24, 2.45) is 5.73 Å². The minimum absolute atomic E-state index is 0.0876. The lowest BCUT2D eigenvalue weighted by atomic mass is 9.92. The van der Waals surface area contributed by atoms with Gasteiger partial charge in [0.05, 0.1) is 39.6 Å². The van der Waals surface area contributed by atoms with Crippen LogP contribution in [-0.2, 0) is 47.4 Å². The fraction of sp³-hybridized carbons (Fsp3) is 1.00. The highest BCUT2D eigenvalue weighted by Gasteiger charge is 2.58. The molecular weight excluding hydrogens is 966 g/mol. The lowest BCUT2D eigenvalue weighted by molar-refractivity contribution is -0.404. The van der Waals surface area contributed by atoms with Crippen molar-refractivity contribution in [2.45, 2.75) is 190 Å². The second kappa shape index (κ2) is 26.5. The summed E-state index contributed by atoms with van der Waals surface area (Å²) in [5, 5.41) is 222. The Morgan fingerprint density at radius 2 is 0.714 bits per heavy atom. The fourth-order valence-corrected chi connectivity index (χ4v) is 8.50. The predicted octanol–water partition coefficient (Wildman–Crippen LogP) is -14.7. The second-order valence-corrected chi connectivity index (χ2v) is 17.4. The molecule has 23 N–H and O–H groups in total. The quantitative estimate of drug-likeness (QED) is 0.0448. The van der Waals surface area contributed by atoms with Crippen molar-refractivity contribution in [3.63, 3.8) is 0 Å². The lowest BCUT2D eigenvalue weighted by Gasteiger charge is -2.50. The van der Waals surface area contributed by atoms with E-state index in [1.54, 1.807) is 0 Å². The zero-order chi connectivity index (χ0) is 52.0. The zero-order valence-electron chi connectivity index (χ0n) is 37.0. The number of aliphatic hydroxyl groups excluding tert-OH is 21. The van der Waals surface area contributed by atoms with Gasteiger partial charge < -0.3 is 160 Å². The first-order valence-electron chi connectivity index (χ1n) is 22.3. The largest absolute Gasteiger partial charge is 0.394 e. The summed E-state index contributed by atoms with van der Waals surface area (Å²) >= 11 is 0. The summed E-state index contributed by atoms with van der Waals surface area (Å²) < 4.78 is 56.6. The molecule has 0 spiro atoms. The van der Waals surface area contributed by atoms with Crippen molar-refractivity contribution in [3.05, 3.63) is 0 Å². The van der Waals surface area contributed by atoms with Crippen molar-refractivity contribution in [3.8, 4) is 0 Å². The third kappa shape index (κ3) is 12.9. The van der Waals surface area contributed by atoms with Crippen LogP contribution in [0.5, 0.6) is 0 Å². The topological polar surface area (TPSA) is 543 Å². The Kier molecular flexibility index (Phi) is 22.5. The van der Waals surface area contributed by atoms with E-state index in [2.05, 4.69) is 0 Å². The second-order valence-electron chi connectivity index (χ2n) is 17.4. The maximum Gasteiger partial charge on any atom is 0.187 e. The van der Waals surface area contributed by atoms with Gasteiger partial charge in [-0.1, -0.05) is 0 Å². The van der Waals surface area contributed by atoms with E-state index < -0.39 is 217 Å². The molecule has 30 atom stereocenters. The van der Waals surface area contributed by atoms with Crippen molar-refractivity contribution < 1.29 is 155 Å². The molecule has 70 heavy (non-hydrogen) atoms. The van der Waals surface area contributed by atoms with Gasteiger partial charge in [-0.05, 0) is 13.0 Å². The molecule has 11 unspecified atom stereocenters. The normalized spacial score (nSPS) is 47.3. The Morgan fingerprint density at radius 1 is 0.357 bits per heavy atom. The molecule has 5 aliphatic heterocycles. The fourth-order valence-electron chi connectivity index (χ4n) is 8.50. The number of nitrogens with two attached hydrogens (primary N) is 1. The van der Waals surface area contributed by atoms with E-state index in [1.165, 1.54) is 0 Å². The molecule has 32 heteroatoms. The Hall–Kier alpha value is -1.28. The predicted molar refractivity (Wildman–Crippen MR) is 214 cm³/mol. The van der Waals surface area contributed by atoms with Crippen LogP contribution < -0.4 is 5.73 Å². The van der Waals surface area contributed by atoms with Crippen LogP contribution >= 0.6 is 0 Å². The molecule has 32 nitrogen and oxygen atoms in total. The van der Waals surface area contributed by atoms with Crippen molar-refractivity contribution in [2.75, 3.05) is 46.2 Å². The van der Waals surface area contributed by atoms with Gasteiger partial charge in [-0.3, -0.25) is 0 Å². The SMILES string of the molecule is NCCCO[C@H]1OC([C@H](O)CO)[C@@H](O)[C@H](O)C1O[C@H]1OC([C@H](O)CO)[C@@H](O)[C@H](O)C1O[C@H]1OC([C@@H](CO)O[C@H]2OC([C@H](O)CO)[C@@H](O)[C@H](O[C@H]3OC([C@H](O)CO)[C@@H](O)C(O)C3O)C2O)[C@@H](O)[C@H](O)C1O. The summed E-state index contributed by atoms with van der Waals surface area (Å²) in [5.41, 5.74) is 5.56. The molecule has 0 aromatic carbocycles. The Morgan fingerprint density at radius 3 is 1.17 bits per heavy atom. The van der Waals surface area contributed by atoms with Crippen LogP contribution in [-0.4, -0.2) is 337 Å². The summed E-state index contributed by atoms with van der Waals surface area (Å²) in [6, 6.07) is 0. The maximum absolute atomic E-state index is 11.5. The summed E-state index contributed by atoms with van der Waals surface area (Å²) in [6.45, 7) is -5.52. The molecule has 5 aliphatic rings. The maximum atomic E-state index is 11.5. The highest BCUT2D eigenvalue weighted by molar-refractivity contribution is 5.01. The van der Waals surface area contributed by atoms with Crippen LogP contribution in [0.25, 0.3) is 0 Å². The van der Waals surface area contributed by atoms with Gasteiger partial charge in [0, 0.05) is 0 Å². The van der Waals surface area contributed by atoms with Gasteiger partial charge in [-0.2, -0.15) is 0 Å². The van der Waals surface area contributed by atoms with Gasteiger partial charge in [0.2, 0.25) is 0 Å². The first-order valence-corrected chi connectivity index (χ1v) is 22.3. The van der Waals surface area contributed by atoms with E-state index in [9.17, 15) is 107 Å². The van der Waals surface area contributed by atoms with Gasteiger partial charge in [0.25, 0.3) is 0 Å². The number of hydrogen-bond acceptors (Lipinski definition) is 32. The zero-order valence-corrected chi connectivity index (χ0v) is 37.0. The van der Waals surface area contributed by atoms with Gasteiger partial charge >= 0.3 is 0 Å². The van der Waals surface area contributed by atoms with E-state index in [1.807, 2.05) is 0 Å². The monoisotopic (exact) mass is 1040 g/mol.